The highest BCUT2D eigenvalue weighted by Crippen LogP contribution is 2.27. The van der Waals surface area contributed by atoms with Crippen molar-refractivity contribution in [3.8, 4) is 0 Å². The summed E-state index contributed by atoms with van der Waals surface area (Å²) < 4.78 is 26.1. The lowest BCUT2D eigenvalue weighted by Crippen LogP contribution is -2.48. The molecule has 3 aliphatic rings. The second kappa shape index (κ2) is 10.1. The Balaban J connectivity index is 1.33. The van der Waals surface area contributed by atoms with Gasteiger partial charge < -0.3 is 25.0 Å². The average molecular weight is 435 g/mol. The Labute approximate surface area is 184 Å². The Bertz CT molecular complexity index is 726. The molecule has 0 aliphatic carbocycles. The molecule has 1 aromatic carbocycles. The molecule has 0 spiro atoms. The van der Waals surface area contributed by atoms with Gasteiger partial charge in [-0.25, -0.2) is 9.18 Å². The van der Waals surface area contributed by atoms with Gasteiger partial charge in [-0.05, 0) is 64.4 Å². The number of carbonyl (C=O) groups is 1. The summed E-state index contributed by atoms with van der Waals surface area (Å²) in [5.74, 6) is 0.116. The number of halogens is 1. The Morgan fingerprint density at radius 2 is 1.97 bits per heavy atom. The number of ether oxygens (including phenoxy) is 2. The van der Waals surface area contributed by atoms with Crippen molar-refractivity contribution >= 4 is 17.4 Å². The summed E-state index contributed by atoms with van der Waals surface area (Å²) in [6.45, 7) is 9.58. The van der Waals surface area contributed by atoms with Crippen LogP contribution in [0.3, 0.4) is 0 Å². The van der Waals surface area contributed by atoms with Gasteiger partial charge in [0.2, 0.25) is 0 Å². The van der Waals surface area contributed by atoms with Gasteiger partial charge in [-0.3, -0.25) is 4.90 Å². The Morgan fingerprint density at radius 1 is 1.23 bits per heavy atom. The third-order valence-electron chi connectivity index (χ3n) is 6.56. The summed E-state index contributed by atoms with van der Waals surface area (Å²) >= 11 is 0. The number of anilines is 2. The van der Waals surface area contributed by atoms with Gasteiger partial charge in [0.25, 0.3) is 0 Å². The molecule has 3 aliphatic heterocycles. The van der Waals surface area contributed by atoms with Crippen LogP contribution < -0.4 is 15.5 Å². The molecule has 3 saturated heterocycles. The maximum Gasteiger partial charge on any atom is 0.319 e. The van der Waals surface area contributed by atoms with Gasteiger partial charge in [-0.15, -0.1) is 0 Å². The second-order valence-electron chi connectivity index (χ2n) is 9.10. The number of urea groups is 1. The fourth-order valence-electron chi connectivity index (χ4n) is 5.11. The van der Waals surface area contributed by atoms with Crippen molar-refractivity contribution in [3.63, 3.8) is 0 Å². The monoisotopic (exact) mass is 434 g/mol. The van der Waals surface area contributed by atoms with Crippen molar-refractivity contribution < 1.29 is 18.7 Å². The molecule has 2 N–H and O–H groups in total. The molecule has 7 nitrogen and oxygen atoms in total. The van der Waals surface area contributed by atoms with Gasteiger partial charge in [0.05, 0.1) is 24.5 Å². The van der Waals surface area contributed by atoms with E-state index in [0.29, 0.717) is 43.0 Å². The summed E-state index contributed by atoms with van der Waals surface area (Å²) in [7, 11) is 0. The van der Waals surface area contributed by atoms with Crippen LogP contribution in [-0.2, 0) is 9.47 Å². The van der Waals surface area contributed by atoms with E-state index in [-0.39, 0.29) is 24.1 Å². The smallest absolute Gasteiger partial charge is 0.319 e. The van der Waals surface area contributed by atoms with Crippen LogP contribution in [0.15, 0.2) is 18.2 Å². The molecule has 172 valence electrons. The van der Waals surface area contributed by atoms with Gasteiger partial charge >= 0.3 is 6.03 Å². The largest absolute Gasteiger partial charge is 0.381 e. The number of nitrogens with zero attached hydrogens (tertiary/aromatic N) is 2. The highest BCUT2D eigenvalue weighted by atomic mass is 19.1. The quantitative estimate of drug-likeness (QED) is 0.721. The van der Waals surface area contributed by atoms with Crippen LogP contribution in [0.4, 0.5) is 20.6 Å². The van der Waals surface area contributed by atoms with Crippen molar-refractivity contribution in [2.45, 2.75) is 51.4 Å². The van der Waals surface area contributed by atoms with Crippen molar-refractivity contribution in [1.82, 2.24) is 10.2 Å². The molecule has 4 atom stereocenters. The van der Waals surface area contributed by atoms with E-state index < -0.39 is 0 Å². The lowest BCUT2D eigenvalue weighted by atomic mass is 9.97. The standard InChI is InChI=1S/C23H35FN4O3/c1-16-13-28(14-17(2)31-16)21-6-5-19(11-20(21)24)26-23(29)25-12-22(18-7-10-30-15-18)27-8-3-4-9-27/h5-6,11,16-18,22H,3-4,7-10,12-15H2,1-2H3,(H2,25,26,29). The molecule has 3 fully saturated rings. The number of benzene rings is 1. The van der Waals surface area contributed by atoms with E-state index >= 15 is 0 Å². The number of hydrogen-bond acceptors (Lipinski definition) is 5. The molecular weight excluding hydrogens is 399 g/mol. The number of hydrogen-bond donors (Lipinski definition) is 2. The van der Waals surface area contributed by atoms with E-state index in [2.05, 4.69) is 15.5 Å². The van der Waals surface area contributed by atoms with Crippen LogP contribution in [0.1, 0.15) is 33.1 Å². The molecule has 0 aromatic heterocycles. The molecule has 1 aromatic rings. The number of rotatable bonds is 6. The predicted molar refractivity (Wildman–Crippen MR) is 119 cm³/mol. The number of carbonyl (C=O) groups excluding carboxylic acids is 1. The fraction of sp³-hybridized carbons (Fsp3) is 0.696. The average Bonchev–Trinajstić information content (AvgIpc) is 3.42. The lowest BCUT2D eigenvalue weighted by Gasteiger charge is -2.37. The van der Waals surface area contributed by atoms with Gasteiger partial charge in [-0.1, -0.05) is 0 Å². The Kier molecular flexibility index (Phi) is 7.30. The van der Waals surface area contributed by atoms with Crippen LogP contribution >= 0.6 is 0 Å². The molecule has 0 saturated carbocycles. The van der Waals surface area contributed by atoms with Gasteiger partial charge in [-0.2, -0.15) is 0 Å². The molecule has 2 amide bonds. The van der Waals surface area contributed by atoms with Gasteiger partial charge in [0.1, 0.15) is 5.82 Å². The first-order chi connectivity index (χ1) is 15.0. The summed E-state index contributed by atoms with van der Waals surface area (Å²) in [6.07, 6.45) is 3.57. The fourth-order valence-corrected chi connectivity index (χ4v) is 5.11. The maximum atomic E-state index is 14.8. The lowest BCUT2D eigenvalue weighted by molar-refractivity contribution is -0.00539. The third kappa shape index (κ3) is 5.67. The first kappa shape index (κ1) is 22.3. The molecule has 3 heterocycles. The van der Waals surface area contributed by atoms with Crippen LogP contribution in [0.2, 0.25) is 0 Å². The second-order valence-corrected chi connectivity index (χ2v) is 9.10. The Morgan fingerprint density at radius 3 is 2.61 bits per heavy atom. The van der Waals surface area contributed by atoms with E-state index in [9.17, 15) is 9.18 Å². The molecule has 4 rings (SSSR count). The van der Waals surface area contributed by atoms with Gasteiger partial charge in [0, 0.05) is 43.9 Å². The minimum atomic E-state index is -0.336. The highest BCUT2D eigenvalue weighted by Gasteiger charge is 2.32. The molecule has 4 unspecified atom stereocenters. The van der Waals surface area contributed by atoms with Crippen molar-refractivity contribution in [3.05, 3.63) is 24.0 Å². The minimum Gasteiger partial charge on any atom is -0.381 e. The molecule has 0 bridgehead atoms. The number of likely N-dealkylation sites (tertiary alicyclic amines) is 1. The maximum absolute atomic E-state index is 14.8. The van der Waals surface area contributed by atoms with Crippen LogP contribution in [0.25, 0.3) is 0 Å². The van der Waals surface area contributed by atoms with E-state index in [1.54, 1.807) is 12.1 Å². The highest BCUT2D eigenvalue weighted by molar-refractivity contribution is 5.89. The van der Waals surface area contributed by atoms with Crippen molar-refractivity contribution in [2.24, 2.45) is 5.92 Å². The third-order valence-corrected chi connectivity index (χ3v) is 6.56. The first-order valence-corrected chi connectivity index (χ1v) is 11.6. The van der Waals surface area contributed by atoms with Crippen LogP contribution in [-0.4, -0.2) is 75.1 Å². The zero-order chi connectivity index (χ0) is 21.8. The normalized spacial score (nSPS) is 28.0. The molecule has 8 heteroatoms. The first-order valence-electron chi connectivity index (χ1n) is 11.6. The number of nitrogens with one attached hydrogen (secondary N) is 2. The zero-order valence-electron chi connectivity index (χ0n) is 18.6. The Hall–Kier alpha value is -1.90. The molecule has 0 radical (unpaired) electrons. The molecular formula is C23H35FN4O3. The van der Waals surface area contributed by atoms with Crippen LogP contribution in [0.5, 0.6) is 0 Å². The van der Waals surface area contributed by atoms with E-state index in [4.69, 9.17) is 9.47 Å². The summed E-state index contributed by atoms with van der Waals surface area (Å²) in [4.78, 5) is 17.0. The van der Waals surface area contributed by atoms with Crippen LogP contribution in [0, 0.1) is 11.7 Å². The van der Waals surface area contributed by atoms with E-state index in [1.807, 2.05) is 18.7 Å². The minimum absolute atomic E-state index is 0.0561. The van der Waals surface area contributed by atoms with Crippen molar-refractivity contribution in [2.75, 3.05) is 56.2 Å². The summed E-state index contributed by atoms with van der Waals surface area (Å²) in [6, 6.07) is 4.87. The van der Waals surface area contributed by atoms with Gasteiger partial charge in [0.15, 0.2) is 0 Å². The topological polar surface area (TPSA) is 66.1 Å². The molecule has 31 heavy (non-hydrogen) atoms. The number of morpholine rings is 1. The number of amides is 2. The summed E-state index contributed by atoms with van der Waals surface area (Å²) in [5, 5.41) is 5.78. The van der Waals surface area contributed by atoms with Crippen molar-refractivity contribution in [1.29, 1.82) is 0 Å². The zero-order valence-corrected chi connectivity index (χ0v) is 18.6. The van der Waals surface area contributed by atoms with E-state index in [1.165, 1.54) is 18.9 Å². The SMILES string of the molecule is CC1CN(c2ccc(NC(=O)NCC(C3CCOC3)N3CCCC3)cc2F)CC(C)O1. The van der Waals surface area contributed by atoms with E-state index in [0.717, 1.165) is 32.7 Å². The summed E-state index contributed by atoms with van der Waals surface area (Å²) in [5.41, 5.74) is 0.998. The predicted octanol–water partition coefficient (Wildman–Crippen LogP) is 3.06.